The van der Waals surface area contributed by atoms with E-state index in [4.69, 9.17) is 11.6 Å². The van der Waals surface area contributed by atoms with Crippen LogP contribution in [0, 0.1) is 11.8 Å². The summed E-state index contributed by atoms with van der Waals surface area (Å²) in [4.78, 5) is 4.68. The first-order chi connectivity index (χ1) is 8.90. The van der Waals surface area contributed by atoms with Gasteiger partial charge in [-0.1, -0.05) is 36.7 Å². The van der Waals surface area contributed by atoms with Gasteiger partial charge in [0.1, 0.15) is 5.82 Å². The minimum atomic E-state index is -0.0782. The molecule has 0 saturated carbocycles. The van der Waals surface area contributed by atoms with Crippen LogP contribution in [0.1, 0.15) is 38.9 Å². The summed E-state index contributed by atoms with van der Waals surface area (Å²) in [5, 5.41) is -0.0782. The second kappa shape index (κ2) is 5.84. The van der Waals surface area contributed by atoms with E-state index in [-0.39, 0.29) is 5.38 Å². The van der Waals surface area contributed by atoms with Gasteiger partial charge in [-0.25, -0.2) is 4.98 Å². The normalized spacial score (nSPS) is 15.1. The zero-order valence-corrected chi connectivity index (χ0v) is 14.2. The Kier molecular flexibility index (Phi) is 4.57. The van der Waals surface area contributed by atoms with Gasteiger partial charge in [0, 0.05) is 11.0 Å². The lowest BCUT2D eigenvalue weighted by Gasteiger charge is -2.19. The van der Waals surface area contributed by atoms with Crippen LogP contribution in [0.25, 0.3) is 11.0 Å². The number of aromatic nitrogens is 2. The van der Waals surface area contributed by atoms with Crippen LogP contribution in [0.4, 0.5) is 0 Å². The van der Waals surface area contributed by atoms with E-state index in [1.165, 1.54) is 0 Å². The number of rotatable bonds is 4. The molecular formula is C15H20BrClN2. The predicted molar refractivity (Wildman–Crippen MR) is 85.7 cm³/mol. The van der Waals surface area contributed by atoms with Gasteiger partial charge in [0.05, 0.1) is 16.4 Å². The average molecular weight is 344 g/mol. The van der Waals surface area contributed by atoms with Crippen molar-refractivity contribution < 1.29 is 0 Å². The zero-order valence-electron chi connectivity index (χ0n) is 11.8. The monoisotopic (exact) mass is 342 g/mol. The van der Waals surface area contributed by atoms with Crippen LogP contribution < -0.4 is 0 Å². The third-order valence-corrected chi connectivity index (χ3v) is 4.39. The molecule has 0 saturated heterocycles. The molecule has 1 aromatic heterocycles. The fourth-order valence-electron chi connectivity index (χ4n) is 2.11. The van der Waals surface area contributed by atoms with Gasteiger partial charge in [-0.3, -0.25) is 0 Å². The number of fused-ring (bicyclic) bond motifs is 1. The molecule has 104 valence electrons. The molecule has 0 aliphatic carbocycles. The summed E-state index contributed by atoms with van der Waals surface area (Å²) in [6, 6.07) is 6.19. The molecule has 2 unspecified atom stereocenters. The molecule has 1 heterocycles. The highest BCUT2D eigenvalue weighted by Gasteiger charge is 2.18. The maximum atomic E-state index is 6.29. The van der Waals surface area contributed by atoms with Crippen molar-refractivity contribution in [3.05, 3.63) is 28.5 Å². The fourth-order valence-corrected chi connectivity index (χ4v) is 2.62. The van der Waals surface area contributed by atoms with Gasteiger partial charge < -0.3 is 4.57 Å². The van der Waals surface area contributed by atoms with E-state index in [9.17, 15) is 0 Å². The Morgan fingerprint density at radius 1 is 1.26 bits per heavy atom. The molecule has 2 atom stereocenters. The minimum absolute atomic E-state index is 0.0782. The number of hydrogen-bond acceptors (Lipinski definition) is 1. The van der Waals surface area contributed by atoms with Crippen LogP contribution >= 0.6 is 27.5 Å². The van der Waals surface area contributed by atoms with Crippen molar-refractivity contribution in [1.82, 2.24) is 9.55 Å². The molecule has 0 bridgehead atoms. The molecule has 2 aromatic rings. The van der Waals surface area contributed by atoms with Crippen molar-refractivity contribution in [3.63, 3.8) is 0 Å². The maximum absolute atomic E-state index is 6.29. The molecule has 0 spiro atoms. The highest BCUT2D eigenvalue weighted by atomic mass is 79.9. The molecule has 0 radical (unpaired) electrons. The van der Waals surface area contributed by atoms with E-state index in [1.807, 2.05) is 19.1 Å². The Morgan fingerprint density at radius 3 is 2.53 bits per heavy atom. The third-order valence-electron chi connectivity index (χ3n) is 3.70. The SMILES string of the molecule is CC(Cl)c1nc2ccc(Br)cc2n1CC(C)C(C)C. The Bertz CT molecular complexity index is 575. The molecular weight excluding hydrogens is 324 g/mol. The Balaban J connectivity index is 2.54. The smallest absolute Gasteiger partial charge is 0.127 e. The lowest BCUT2D eigenvalue weighted by atomic mass is 9.98. The summed E-state index contributed by atoms with van der Waals surface area (Å²) in [6.07, 6.45) is 0. The second-order valence-corrected chi connectivity index (χ2v) is 7.12. The van der Waals surface area contributed by atoms with Gasteiger partial charge >= 0.3 is 0 Å². The number of halogens is 2. The van der Waals surface area contributed by atoms with Gasteiger partial charge in [0.2, 0.25) is 0 Å². The molecule has 2 rings (SSSR count). The van der Waals surface area contributed by atoms with Gasteiger partial charge in [-0.2, -0.15) is 0 Å². The molecule has 0 aliphatic rings. The summed E-state index contributed by atoms with van der Waals surface area (Å²) in [5.74, 6) is 2.19. The molecule has 4 heteroatoms. The number of imidazole rings is 1. The van der Waals surface area contributed by atoms with Crippen LogP contribution in [0.2, 0.25) is 0 Å². The summed E-state index contributed by atoms with van der Waals surface area (Å²) in [5.41, 5.74) is 2.17. The van der Waals surface area contributed by atoms with Crippen molar-refractivity contribution in [2.45, 2.75) is 39.6 Å². The molecule has 0 amide bonds. The topological polar surface area (TPSA) is 17.8 Å². The van der Waals surface area contributed by atoms with Gasteiger partial charge in [0.25, 0.3) is 0 Å². The van der Waals surface area contributed by atoms with E-state index < -0.39 is 0 Å². The Labute approximate surface area is 128 Å². The highest BCUT2D eigenvalue weighted by molar-refractivity contribution is 9.10. The summed E-state index contributed by atoms with van der Waals surface area (Å²) in [6.45, 7) is 9.72. The number of alkyl halides is 1. The van der Waals surface area contributed by atoms with E-state index in [1.54, 1.807) is 0 Å². The lowest BCUT2D eigenvalue weighted by Crippen LogP contribution is -2.15. The summed E-state index contributed by atoms with van der Waals surface area (Å²) in [7, 11) is 0. The van der Waals surface area contributed by atoms with Crippen LogP contribution in [-0.4, -0.2) is 9.55 Å². The number of benzene rings is 1. The fraction of sp³-hybridized carbons (Fsp3) is 0.533. The first kappa shape index (κ1) is 14.9. The largest absolute Gasteiger partial charge is 0.326 e. The van der Waals surface area contributed by atoms with Gasteiger partial charge in [0.15, 0.2) is 0 Å². The molecule has 19 heavy (non-hydrogen) atoms. The van der Waals surface area contributed by atoms with Crippen molar-refractivity contribution in [2.24, 2.45) is 11.8 Å². The van der Waals surface area contributed by atoms with Crippen LogP contribution in [-0.2, 0) is 6.54 Å². The van der Waals surface area contributed by atoms with Gasteiger partial charge in [-0.15, -0.1) is 11.6 Å². The Hall–Kier alpha value is -0.540. The second-order valence-electron chi connectivity index (χ2n) is 5.55. The quantitative estimate of drug-likeness (QED) is 0.680. The van der Waals surface area contributed by atoms with E-state index in [0.717, 1.165) is 27.9 Å². The summed E-state index contributed by atoms with van der Waals surface area (Å²) < 4.78 is 3.34. The summed E-state index contributed by atoms with van der Waals surface area (Å²) >= 11 is 9.82. The third kappa shape index (κ3) is 3.14. The van der Waals surface area contributed by atoms with E-state index in [2.05, 4.69) is 52.3 Å². The molecule has 0 N–H and O–H groups in total. The maximum Gasteiger partial charge on any atom is 0.127 e. The van der Waals surface area contributed by atoms with Crippen molar-refractivity contribution in [1.29, 1.82) is 0 Å². The van der Waals surface area contributed by atoms with Crippen molar-refractivity contribution >= 4 is 38.6 Å². The number of nitrogens with zero attached hydrogens (tertiary/aromatic N) is 2. The zero-order chi connectivity index (χ0) is 14.2. The predicted octanol–water partition coefficient (Wildman–Crippen LogP) is 5.39. The molecule has 0 aliphatic heterocycles. The lowest BCUT2D eigenvalue weighted by molar-refractivity contribution is 0.364. The first-order valence-corrected chi connectivity index (χ1v) is 7.92. The Morgan fingerprint density at radius 2 is 1.95 bits per heavy atom. The van der Waals surface area contributed by atoms with E-state index in [0.29, 0.717) is 11.8 Å². The molecule has 1 aromatic carbocycles. The van der Waals surface area contributed by atoms with Crippen LogP contribution in [0.3, 0.4) is 0 Å². The standard InChI is InChI=1S/C15H20BrClN2/c1-9(2)10(3)8-19-14-7-12(16)5-6-13(14)18-15(19)11(4)17/h5-7,9-11H,8H2,1-4H3. The highest BCUT2D eigenvalue weighted by Crippen LogP contribution is 2.28. The van der Waals surface area contributed by atoms with Crippen molar-refractivity contribution in [3.8, 4) is 0 Å². The minimum Gasteiger partial charge on any atom is -0.326 e. The average Bonchev–Trinajstić information content (AvgIpc) is 2.67. The van der Waals surface area contributed by atoms with Crippen LogP contribution in [0.15, 0.2) is 22.7 Å². The molecule has 2 nitrogen and oxygen atoms in total. The van der Waals surface area contributed by atoms with Gasteiger partial charge in [-0.05, 0) is 37.0 Å². The van der Waals surface area contributed by atoms with E-state index >= 15 is 0 Å². The number of hydrogen-bond donors (Lipinski definition) is 0. The van der Waals surface area contributed by atoms with Crippen LogP contribution in [0.5, 0.6) is 0 Å². The molecule has 0 fully saturated rings. The first-order valence-electron chi connectivity index (χ1n) is 6.70. The van der Waals surface area contributed by atoms with Crippen molar-refractivity contribution in [2.75, 3.05) is 0 Å².